The molecule has 4 heteroatoms. The first-order valence-corrected chi connectivity index (χ1v) is 5.43. The lowest BCUT2D eigenvalue weighted by Gasteiger charge is -2.08. The predicted octanol–water partition coefficient (Wildman–Crippen LogP) is 2.77. The molecule has 3 nitrogen and oxygen atoms in total. The number of halogens is 1. The van der Waals surface area contributed by atoms with Crippen molar-refractivity contribution in [1.82, 2.24) is 0 Å². The molecular formula is C11H13BrO3. The van der Waals surface area contributed by atoms with Crippen molar-refractivity contribution in [3.8, 4) is 0 Å². The van der Waals surface area contributed by atoms with Crippen LogP contribution in [0.5, 0.6) is 0 Å². The molecule has 0 aliphatic rings. The molecule has 82 valence electrons. The summed E-state index contributed by atoms with van der Waals surface area (Å²) in [6.45, 7) is 3.06. The molecular weight excluding hydrogens is 260 g/mol. The highest BCUT2D eigenvalue weighted by Crippen LogP contribution is 2.23. The minimum absolute atomic E-state index is 0.347. The summed E-state index contributed by atoms with van der Waals surface area (Å²) in [5.74, 6) is -0.347. The number of methoxy groups -OCH3 is 1. The zero-order valence-electron chi connectivity index (χ0n) is 8.75. The highest BCUT2D eigenvalue weighted by atomic mass is 79.9. The number of carbonyl (C=O) groups excluding carboxylic acids is 1. The number of esters is 1. The van der Waals surface area contributed by atoms with E-state index >= 15 is 0 Å². The minimum atomic E-state index is -0.347. The van der Waals surface area contributed by atoms with Crippen LogP contribution >= 0.6 is 15.9 Å². The van der Waals surface area contributed by atoms with Gasteiger partial charge in [-0.1, -0.05) is 12.1 Å². The van der Waals surface area contributed by atoms with Gasteiger partial charge in [-0.2, -0.15) is 0 Å². The average Bonchev–Trinajstić information content (AvgIpc) is 2.27. The number of rotatable bonds is 4. The summed E-state index contributed by atoms with van der Waals surface area (Å²) in [6, 6.07) is 5.43. The summed E-state index contributed by atoms with van der Waals surface area (Å²) in [5.41, 5.74) is 1.47. The van der Waals surface area contributed by atoms with Crippen LogP contribution in [-0.2, 0) is 16.1 Å². The first-order valence-electron chi connectivity index (χ1n) is 4.64. The molecule has 0 radical (unpaired) electrons. The van der Waals surface area contributed by atoms with Crippen LogP contribution in [0, 0.1) is 0 Å². The Bertz CT molecular complexity index is 350. The van der Waals surface area contributed by atoms with Crippen LogP contribution in [0.2, 0.25) is 0 Å². The van der Waals surface area contributed by atoms with E-state index < -0.39 is 0 Å². The van der Waals surface area contributed by atoms with Gasteiger partial charge in [-0.15, -0.1) is 0 Å². The predicted molar refractivity (Wildman–Crippen MR) is 60.8 cm³/mol. The standard InChI is InChI=1S/C11H13BrO3/c1-3-15-7-8-5-4-6-9(10(8)12)11(13)14-2/h4-6H,3,7H2,1-2H3. The molecule has 0 saturated heterocycles. The van der Waals surface area contributed by atoms with Gasteiger partial charge in [-0.25, -0.2) is 4.79 Å². The van der Waals surface area contributed by atoms with E-state index in [9.17, 15) is 4.79 Å². The van der Waals surface area contributed by atoms with Gasteiger partial charge in [0.25, 0.3) is 0 Å². The van der Waals surface area contributed by atoms with Crippen LogP contribution in [0.15, 0.2) is 22.7 Å². The Morgan fingerprint density at radius 2 is 2.20 bits per heavy atom. The van der Waals surface area contributed by atoms with Crippen molar-refractivity contribution in [2.75, 3.05) is 13.7 Å². The Morgan fingerprint density at radius 1 is 1.47 bits per heavy atom. The SMILES string of the molecule is CCOCc1cccc(C(=O)OC)c1Br. The summed E-state index contributed by atoms with van der Waals surface area (Å²) >= 11 is 3.37. The quantitative estimate of drug-likeness (QED) is 0.791. The van der Waals surface area contributed by atoms with Crippen molar-refractivity contribution >= 4 is 21.9 Å². The third kappa shape index (κ3) is 3.04. The lowest BCUT2D eigenvalue weighted by molar-refractivity contribution is 0.0599. The molecule has 0 fully saturated rings. The largest absolute Gasteiger partial charge is 0.465 e. The molecule has 15 heavy (non-hydrogen) atoms. The third-order valence-electron chi connectivity index (χ3n) is 1.95. The first kappa shape index (κ1) is 12.2. The lowest BCUT2D eigenvalue weighted by atomic mass is 10.1. The van der Waals surface area contributed by atoms with Gasteiger partial charge in [0, 0.05) is 11.1 Å². The average molecular weight is 273 g/mol. The van der Waals surface area contributed by atoms with Gasteiger partial charge >= 0.3 is 5.97 Å². The van der Waals surface area contributed by atoms with Crippen LogP contribution in [0.3, 0.4) is 0 Å². The number of hydrogen-bond donors (Lipinski definition) is 0. The van der Waals surface area contributed by atoms with Gasteiger partial charge in [0.2, 0.25) is 0 Å². The van der Waals surface area contributed by atoms with Crippen molar-refractivity contribution < 1.29 is 14.3 Å². The van der Waals surface area contributed by atoms with Crippen molar-refractivity contribution in [3.63, 3.8) is 0 Å². The number of hydrogen-bond acceptors (Lipinski definition) is 3. The van der Waals surface area contributed by atoms with Crippen molar-refractivity contribution in [1.29, 1.82) is 0 Å². The zero-order chi connectivity index (χ0) is 11.3. The number of benzene rings is 1. The van der Waals surface area contributed by atoms with E-state index in [2.05, 4.69) is 20.7 Å². The van der Waals surface area contributed by atoms with Gasteiger partial charge < -0.3 is 9.47 Å². The molecule has 0 aliphatic carbocycles. The molecule has 0 N–H and O–H groups in total. The molecule has 0 amide bonds. The van der Waals surface area contributed by atoms with Crippen LogP contribution in [0.1, 0.15) is 22.8 Å². The molecule has 0 aromatic heterocycles. The van der Waals surface area contributed by atoms with Gasteiger partial charge in [0.15, 0.2) is 0 Å². The number of carbonyl (C=O) groups is 1. The van der Waals surface area contributed by atoms with E-state index in [0.29, 0.717) is 18.8 Å². The Hall–Kier alpha value is -0.870. The molecule has 0 saturated carbocycles. The highest BCUT2D eigenvalue weighted by Gasteiger charge is 2.12. The molecule has 0 unspecified atom stereocenters. The van der Waals surface area contributed by atoms with E-state index in [1.54, 1.807) is 6.07 Å². The van der Waals surface area contributed by atoms with Gasteiger partial charge in [-0.3, -0.25) is 0 Å². The topological polar surface area (TPSA) is 35.5 Å². The molecule has 0 spiro atoms. The molecule has 1 rings (SSSR count). The van der Waals surface area contributed by atoms with Gasteiger partial charge in [-0.05, 0) is 34.5 Å². The molecule has 0 atom stereocenters. The molecule has 0 bridgehead atoms. The van der Waals surface area contributed by atoms with Crippen LogP contribution in [0.4, 0.5) is 0 Å². The molecule has 0 aliphatic heterocycles. The van der Waals surface area contributed by atoms with E-state index in [0.717, 1.165) is 10.0 Å². The molecule has 0 heterocycles. The van der Waals surface area contributed by atoms with Gasteiger partial charge in [0.05, 0.1) is 19.3 Å². The Labute approximate surface area is 97.5 Å². The van der Waals surface area contributed by atoms with E-state index in [1.165, 1.54) is 7.11 Å². The maximum atomic E-state index is 11.4. The lowest BCUT2D eigenvalue weighted by Crippen LogP contribution is -2.04. The molecule has 1 aromatic carbocycles. The third-order valence-corrected chi connectivity index (χ3v) is 2.88. The monoisotopic (exact) mass is 272 g/mol. The second-order valence-electron chi connectivity index (χ2n) is 2.91. The van der Waals surface area contributed by atoms with E-state index in [1.807, 2.05) is 19.1 Å². The van der Waals surface area contributed by atoms with E-state index in [-0.39, 0.29) is 5.97 Å². The zero-order valence-corrected chi connectivity index (χ0v) is 10.3. The fourth-order valence-electron chi connectivity index (χ4n) is 1.17. The first-order chi connectivity index (χ1) is 7.20. The second kappa shape index (κ2) is 5.88. The summed E-state index contributed by atoms with van der Waals surface area (Å²) in [4.78, 5) is 11.4. The van der Waals surface area contributed by atoms with Crippen LogP contribution in [0.25, 0.3) is 0 Å². The Morgan fingerprint density at radius 3 is 2.80 bits per heavy atom. The van der Waals surface area contributed by atoms with Gasteiger partial charge in [0.1, 0.15) is 0 Å². The minimum Gasteiger partial charge on any atom is -0.465 e. The maximum absolute atomic E-state index is 11.4. The summed E-state index contributed by atoms with van der Waals surface area (Å²) in [6.07, 6.45) is 0. The summed E-state index contributed by atoms with van der Waals surface area (Å²) in [5, 5.41) is 0. The normalized spacial score (nSPS) is 10.1. The Kier molecular flexibility index (Phi) is 4.78. The Balaban J connectivity index is 2.95. The van der Waals surface area contributed by atoms with Crippen LogP contribution < -0.4 is 0 Å². The number of ether oxygens (including phenoxy) is 2. The van der Waals surface area contributed by atoms with Crippen molar-refractivity contribution in [2.24, 2.45) is 0 Å². The fraction of sp³-hybridized carbons (Fsp3) is 0.364. The van der Waals surface area contributed by atoms with Crippen molar-refractivity contribution in [3.05, 3.63) is 33.8 Å². The van der Waals surface area contributed by atoms with Crippen molar-refractivity contribution in [2.45, 2.75) is 13.5 Å². The summed E-state index contributed by atoms with van der Waals surface area (Å²) < 4.78 is 10.7. The summed E-state index contributed by atoms with van der Waals surface area (Å²) in [7, 11) is 1.37. The van der Waals surface area contributed by atoms with E-state index in [4.69, 9.17) is 4.74 Å². The second-order valence-corrected chi connectivity index (χ2v) is 3.70. The fourth-order valence-corrected chi connectivity index (χ4v) is 1.71. The highest BCUT2D eigenvalue weighted by molar-refractivity contribution is 9.10. The molecule has 1 aromatic rings. The smallest absolute Gasteiger partial charge is 0.339 e. The van der Waals surface area contributed by atoms with Crippen LogP contribution in [-0.4, -0.2) is 19.7 Å². The maximum Gasteiger partial charge on any atom is 0.339 e.